The predicted molar refractivity (Wildman–Crippen MR) is 87.1 cm³/mol. The van der Waals surface area contributed by atoms with E-state index in [1.165, 1.54) is 0 Å². The molecule has 0 saturated heterocycles. The molecule has 5 heteroatoms. The molecule has 0 radical (unpaired) electrons. The second-order valence-corrected chi connectivity index (χ2v) is 10.00. The second kappa shape index (κ2) is 4.43. The van der Waals surface area contributed by atoms with E-state index in [1.54, 1.807) is 0 Å². The Hall–Kier alpha value is -0.490. The van der Waals surface area contributed by atoms with Crippen LogP contribution in [-0.2, 0) is 4.79 Å². The fraction of sp³-hybridized carbons (Fsp3) is 0.947. The molecule has 136 valence electrons. The first-order valence-corrected chi connectivity index (χ1v) is 9.30. The Bertz CT molecular complexity index is 603. The fourth-order valence-corrected chi connectivity index (χ4v) is 7.46. The molecular formula is C19H30O5. The topological polar surface area (TPSA) is 98.0 Å². The number of fused-ring (bicyclic) bond motifs is 3. The van der Waals surface area contributed by atoms with Crippen molar-refractivity contribution in [1.82, 2.24) is 0 Å². The Balaban J connectivity index is 1.91. The van der Waals surface area contributed by atoms with Gasteiger partial charge in [0, 0.05) is 10.8 Å². The average molecular weight is 338 g/mol. The molecule has 0 amide bonds. The van der Waals surface area contributed by atoms with Crippen molar-refractivity contribution in [2.75, 3.05) is 0 Å². The minimum absolute atomic E-state index is 0.0283. The Kier molecular flexibility index (Phi) is 3.13. The summed E-state index contributed by atoms with van der Waals surface area (Å²) in [7, 11) is 0. The van der Waals surface area contributed by atoms with Crippen molar-refractivity contribution in [3.05, 3.63) is 0 Å². The lowest BCUT2D eigenvalue weighted by atomic mass is 9.38. The Morgan fingerprint density at radius 1 is 1.04 bits per heavy atom. The van der Waals surface area contributed by atoms with Crippen LogP contribution >= 0.6 is 0 Å². The van der Waals surface area contributed by atoms with E-state index in [9.17, 15) is 25.2 Å². The van der Waals surface area contributed by atoms with Crippen molar-refractivity contribution >= 4 is 5.78 Å². The summed E-state index contributed by atoms with van der Waals surface area (Å²) in [6, 6.07) is 0. The lowest BCUT2D eigenvalue weighted by Crippen LogP contribution is -2.76. The molecule has 24 heavy (non-hydrogen) atoms. The molecule has 0 heterocycles. The normalized spacial score (nSPS) is 59.0. The van der Waals surface area contributed by atoms with Gasteiger partial charge in [-0.05, 0) is 49.9 Å². The highest BCUT2D eigenvalue weighted by Gasteiger charge is 2.80. The summed E-state index contributed by atoms with van der Waals surface area (Å²) in [4.78, 5) is 13.2. The third-order valence-corrected chi connectivity index (χ3v) is 8.60. The van der Waals surface area contributed by atoms with E-state index in [2.05, 4.69) is 13.8 Å². The van der Waals surface area contributed by atoms with E-state index in [-0.39, 0.29) is 24.2 Å². The number of carbonyl (C=O) groups is 1. The highest BCUT2D eigenvalue weighted by Crippen LogP contribution is 2.72. The Morgan fingerprint density at radius 2 is 1.71 bits per heavy atom. The molecule has 0 aromatic heterocycles. The standard InChI is InChI=1S/C19H30O5/c1-15(2)6-4-7-16(3)11(15)5-8-17-9-12(20)18(23,10-17)13(21)14(22)19(16,17)24/h11-13,20-21,23-24H,4-10H2,1-3H3/t11-,12+,13+,16-,17-,18+,19-/m1/s1. The quantitative estimate of drug-likeness (QED) is 0.531. The molecule has 2 bridgehead atoms. The van der Waals surface area contributed by atoms with E-state index in [1.807, 2.05) is 6.92 Å². The van der Waals surface area contributed by atoms with Crippen LogP contribution in [0, 0.1) is 22.2 Å². The van der Waals surface area contributed by atoms with Gasteiger partial charge in [-0.1, -0.05) is 27.2 Å². The number of carbonyl (C=O) groups excluding carboxylic acids is 1. The third-order valence-electron chi connectivity index (χ3n) is 8.60. The summed E-state index contributed by atoms with van der Waals surface area (Å²) in [5, 5.41) is 43.5. The molecule has 4 N–H and O–H groups in total. The summed E-state index contributed by atoms with van der Waals surface area (Å²) >= 11 is 0. The maximum Gasteiger partial charge on any atom is 0.196 e. The number of hydrogen-bond donors (Lipinski definition) is 4. The molecule has 4 fully saturated rings. The number of aliphatic hydroxyl groups excluding tert-OH is 2. The SMILES string of the molecule is CC1(C)CCC[C@]2(C)[C@@H]1CC[C@@]13C[C@H](O)[C@@](O)(C1)[C@@H](O)C(=O)[C@]32O. The van der Waals surface area contributed by atoms with Crippen molar-refractivity contribution < 1.29 is 25.2 Å². The van der Waals surface area contributed by atoms with Crippen LogP contribution < -0.4 is 0 Å². The lowest BCUT2D eigenvalue weighted by molar-refractivity contribution is -0.263. The van der Waals surface area contributed by atoms with E-state index < -0.39 is 40.0 Å². The largest absolute Gasteiger partial charge is 0.390 e. The Labute approximate surface area is 143 Å². The predicted octanol–water partition coefficient (Wildman–Crippen LogP) is 1.16. The van der Waals surface area contributed by atoms with Gasteiger partial charge in [0.2, 0.25) is 0 Å². The highest BCUT2D eigenvalue weighted by molar-refractivity contribution is 5.96. The summed E-state index contributed by atoms with van der Waals surface area (Å²) < 4.78 is 0. The van der Waals surface area contributed by atoms with E-state index >= 15 is 0 Å². The van der Waals surface area contributed by atoms with Crippen molar-refractivity contribution in [2.24, 2.45) is 22.2 Å². The van der Waals surface area contributed by atoms with Crippen LogP contribution in [0.25, 0.3) is 0 Å². The van der Waals surface area contributed by atoms with E-state index in [0.29, 0.717) is 6.42 Å². The summed E-state index contributed by atoms with van der Waals surface area (Å²) in [5.74, 6) is -0.479. The van der Waals surface area contributed by atoms with Gasteiger partial charge in [-0.15, -0.1) is 0 Å². The van der Waals surface area contributed by atoms with Crippen LogP contribution in [0.15, 0.2) is 0 Å². The van der Waals surface area contributed by atoms with Gasteiger partial charge in [0.05, 0.1) is 6.10 Å². The first kappa shape index (κ1) is 17.0. The number of rotatable bonds is 0. The summed E-state index contributed by atoms with van der Waals surface area (Å²) in [6.45, 7) is 6.42. The zero-order valence-corrected chi connectivity index (χ0v) is 14.9. The van der Waals surface area contributed by atoms with Gasteiger partial charge in [-0.25, -0.2) is 0 Å². The van der Waals surface area contributed by atoms with Crippen LogP contribution in [0.1, 0.15) is 65.7 Å². The van der Waals surface area contributed by atoms with Crippen LogP contribution in [0.2, 0.25) is 0 Å². The molecule has 1 spiro atoms. The number of hydrogen-bond acceptors (Lipinski definition) is 5. The molecule has 0 aromatic rings. The number of Topliss-reactive ketones (excluding diaryl/α,β-unsaturated/α-hetero) is 1. The molecule has 0 aliphatic heterocycles. The molecule has 4 rings (SSSR count). The third kappa shape index (κ3) is 1.55. The van der Waals surface area contributed by atoms with Crippen LogP contribution in [0.3, 0.4) is 0 Å². The van der Waals surface area contributed by atoms with E-state index in [4.69, 9.17) is 0 Å². The van der Waals surface area contributed by atoms with Crippen molar-refractivity contribution in [3.63, 3.8) is 0 Å². The van der Waals surface area contributed by atoms with Gasteiger partial charge in [-0.3, -0.25) is 4.79 Å². The lowest BCUT2D eigenvalue weighted by Gasteiger charge is -2.67. The van der Waals surface area contributed by atoms with Gasteiger partial charge in [0.25, 0.3) is 0 Å². The van der Waals surface area contributed by atoms with Gasteiger partial charge in [-0.2, -0.15) is 0 Å². The van der Waals surface area contributed by atoms with Crippen LogP contribution in [0.5, 0.6) is 0 Å². The van der Waals surface area contributed by atoms with Gasteiger partial charge < -0.3 is 20.4 Å². The molecule has 4 saturated carbocycles. The maximum absolute atomic E-state index is 13.2. The van der Waals surface area contributed by atoms with Crippen LogP contribution in [0.4, 0.5) is 0 Å². The maximum atomic E-state index is 13.2. The Morgan fingerprint density at radius 3 is 2.38 bits per heavy atom. The van der Waals surface area contributed by atoms with Crippen molar-refractivity contribution in [2.45, 2.75) is 89.1 Å². The average Bonchev–Trinajstić information content (AvgIpc) is 2.73. The van der Waals surface area contributed by atoms with E-state index in [0.717, 1.165) is 25.7 Å². The molecule has 4 aliphatic carbocycles. The molecule has 5 nitrogen and oxygen atoms in total. The zero-order valence-electron chi connectivity index (χ0n) is 14.9. The van der Waals surface area contributed by atoms with Gasteiger partial charge >= 0.3 is 0 Å². The molecule has 7 atom stereocenters. The fourth-order valence-electron chi connectivity index (χ4n) is 7.46. The zero-order chi connectivity index (χ0) is 17.8. The number of ketones is 1. The summed E-state index contributed by atoms with van der Waals surface area (Å²) in [5.41, 5.74) is -4.91. The first-order valence-electron chi connectivity index (χ1n) is 9.30. The van der Waals surface area contributed by atoms with Crippen molar-refractivity contribution in [1.29, 1.82) is 0 Å². The first-order chi connectivity index (χ1) is 10.9. The van der Waals surface area contributed by atoms with Crippen molar-refractivity contribution in [3.8, 4) is 0 Å². The van der Waals surface area contributed by atoms with Crippen LogP contribution in [-0.4, -0.2) is 49.6 Å². The molecule has 0 aromatic carbocycles. The minimum Gasteiger partial charge on any atom is -0.390 e. The highest BCUT2D eigenvalue weighted by atomic mass is 16.4. The molecule has 4 aliphatic rings. The second-order valence-electron chi connectivity index (χ2n) is 10.00. The van der Waals surface area contributed by atoms with Gasteiger partial charge in [0.1, 0.15) is 17.3 Å². The summed E-state index contributed by atoms with van der Waals surface area (Å²) in [6.07, 6.45) is 1.67. The molecular weight excluding hydrogens is 308 g/mol. The minimum atomic E-state index is -1.81. The molecule has 0 unspecified atom stereocenters. The monoisotopic (exact) mass is 338 g/mol. The number of aliphatic hydroxyl groups is 4. The van der Waals surface area contributed by atoms with Gasteiger partial charge in [0.15, 0.2) is 5.78 Å². The smallest absolute Gasteiger partial charge is 0.196 e.